The predicted octanol–water partition coefficient (Wildman–Crippen LogP) is 3.41. The highest BCUT2D eigenvalue weighted by Gasteiger charge is 2.22. The standard InChI is InChI=1S/C18H36O.H4O4Si/c1-2-3-4-5-6-7-8-9-10-11-12-13-14-15-16-17-18-19;1-5(2,3)4/h9-10,19H,2-8,11-18H2,1H3;1-4H/b10-9-;. The predicted molar refractivity (Wildman–Crippen MR) is 101 cm³/mol. The van der Waals surface area contributed by atoms with Gasteiger partial charge in [0.1, 0.15) is 0 Å². The van der Waals surface area contributed by atoms with Crippen LogP contribution in [0, 0.1) is 0 Å². The highest BCUT2D eigenvalue weighted by molar-refractivity contribution is 6.46. The first kappa shape index (κ1) is 26.0. The van der Waals surface area contributed by atoms with Crippen molar-refractivity contribution in [2.75, 3.05) is 6.61 Å². The molecule has 0 spiro atoms. The minimum Gasteiger partial charge on any atom is -0.396 e. The fourth-order valence-corrected chi connectivity index (χ4v) is 2.36. The molecule has 0 unspecified atom stereocenters. The van der Waals surface area contributed by atoms with Gasteiger partial charge in [0.25, 0.3) is 0 Å². The van der Waals surface area contributed by atoms with Crippen LogP contribution in [-0.2, 0) is 0 Å². The summed E-state index contributed by atoms with van der Waals surface area (Å²) >= 11 is 0. The number of rotatable bonds is 15. The number of hydrogen-bond donors (Lipinski definition) is 5. The average molecular weight is 365 g/mol. The van der Waals surface area contributed by atoms with E-state index < -0.39 is 9.05 Å². The van der Waals surface area contributed by atoms with Gasteiger partial charge in [0, 0.05) is 6.61 Å². The molecule has 0 fully saturated rings. The van der Waals surface area contributed by atoms with Crippen molar-refractivity contribution in [2.45, 2.75) is 96.8 Å². The van der Waals surface area contributed by atoms with E-state index in [0.29, 0.717) is 6.61 Å². The van der Waals surface area contributed by atoms with E-state index in [9.17, 15) is 0 Å². The van der Waals surface area contributed by atoms with Gasteiger partial charge in [-0.1, -0.05) is 76.9 Å². The quantitative estimate of drug-likeness (QED) is 0.174. The Hall–Kier alpha value is -0.243. The highest BCUT2D eigenvalue weighted by Crippen LogP contribution is 2.09. The smallest absolute Gasteiger partial charge is 0.396 e. The maximum absolute atomic E-state index is 8.66. The van der Waals surface area contributed by atoms with Crippen molar-refractivity contribution in [3.05, 3.63) is 12.2 Å². The van der Waals surface area contributed by atoms with Gasteiger partial charge in [-0.2, -0.15) is 0 Å². The Bertz CT molecular complexity index is 248. The summed E-state index contributed by atoms with van der Waals surface area (Å²) in [6.45, 7) is 2.64. The van der Waals surface area contributed by atoms with Crippen LogP contribution in [0.1, 0.15) is 96.8 Å². The molecule has 5 N–H and O–H groups in total. The summed E-state index contributed by atoms with van der Waals surface area (Å²) in [5, 5.41) is 8.66. The molecule has 0 radical (unpaired) electrons. The van der Waals surface area contributed by atoms with Crippen LogP contribution in [0.5, 0.6) is 0 Å². The van der Waals surface area contributed by atoms with Gasteiger partial charge in [0.05, 0.1) is 0 Å². The molecule has 0 rings (SSSR count). The number of aliphatic hydroxyl groups excluding tert-OH is 1. The van der Waals surface area contributed by atoms with E-state index in [1.807, 2.05) is 0 Å². The minimum atomic E-state index is -4.61. The Morgan fingerprint density at radius 1 is 0.583 bits per heavy atom. The first-order valence-corrected chi connectivity index (χ1v) is 11.4. The molecule has 0 atom stereocenters. The lowest BCUT2D eigenvalue weighted by molar-refractivity contribution is 0.117. The van der Waals surface area contributed by atoms with E-state index in [4.69, 9.17) is 24.3 Å². The molecule has 6 heteroatoms. The molecule has 0 aromatic rings. The normalized spacial score (nSPS) is 11.6. The van der Waals surface area contributed by atoms with Crippen molar-refractivity contribution in [3.63, 3.8) is 0 Å². The van der Waals surface area contributed by atoms with Crippen molar-refractivity contribution in [1.29, 1.82) is 0 Å². The fourth-order valence-electron chi connectivity index (χ4n) is 2.36. The zero-order chi connectivity index (χ0) is 18.5. The van der Waals surface area contributed by atoms with Gasteiger partial charge in [-0.15, -0.1) is 0 Å². The molecule has 5 nitrogen and oxygen atoms in total. The van der Waals surface area contributed by atoms with Gasteiger partial charge in [0.15, 0.2) is 0 Å². The Kier molecular flexibility index (Phi) is 22.5. The second-order valence-electron chi connectivity index (χ2n) is 6.26. The summed E-state index contributed by atoms with van der Waals surface area (Å²) in [7, 11) is -4.61. The zero-order valence-electron chi connectivity index (χ0n) is 15.5. The number of allylic oxidation sites excluding steroid dienone is 2. The lowest BCUT2D eigenvalue weighted by atomic mass is 10.1. The Morgan fingerprint density at radius 2 is 0.917 bits per heavy atom. The van der Waals surface area contributed by atoms with Crippen molar-refractivity contribution in [1.82, 2.24) is 0 Å². The summed E-state index contributed by atoms with van der Waals surface area (Å²) in [6, 6.07) is 0. The third kappa shape index (κ3) is 37.8. The van der Waals surface area contributed by atoms with E-state index >= 15 is 0 Å². The SMILES string of the molecule is CCCCCCCC/C=C\CCCCCCCCO.O[Si](O)(O)O. The topological polar surface area (TPSA) is 101 Å². The van der Waals surface area contributed by atoms with Crippen LogP contribution in [0.15, 0.2) is 12.2 Å². The van der Waals surface area contributed by atoms with Gasteiger partial charge in [-0.05, 0) is 32.1 Å². The second-order valence-corrected chi connectivity index (χ2v) is 7.46. The first-order valence-electron chi connectivity index (χ1n) is 9.57. The van der Waals surface area contributed by atoms with Crippen molar-refractivity contribution in [3.8, 4) is 0 Å². The van der Waals surface area contributed by atoms with Crippen LogP contribution in [0.4, 0.5) is 0 Å². The Morgan fingerprint density at radius 3 is 1.29 bits per heavy atom. The molecular formula is C18H40O5Si. The van der Waals surface area contributed by atoms with E-state index in [1.165, 1.54) is 83.5 Å². The summed E-state index contributed by atoms with van der Waals surface area (Å²) in [5.41, 5.74) is 0. The lowest BCUT2D eigenvalue weighted by Crippen LogP contribution is -2.33. The number of unbranched alkanes of at least 4 members (excludes halogenated alkanes) is 12. The molecule has 0 heterocycles. The number of hydrogen-bond acceptors (Lipinski definition) is 5. The van der Waals surface area contributed by atoms with Crippen LogP contribution in [0.25, 0.3) is 0 Å². The van der Waals surface area contributed by atoms with Crippen LogP contribution in [-0.4, -0.2) is 39.9 Å². The highest BCUT2D eigenvalue weighted by atomic mass is 28.4. The molecule has 0 aliphatic carbocycles. The van der Waals surface area contributed by atoms with E-state index in [-0.39, 0.29) is 0 Å². The summed E-state index contributed by atoms with van der Waals surface area (Å²) in [6.07, 6.45) is 23.2. The molecule has 0 aliphatic rings. The maximum Gasteiger partial charge on any atom is 0.668 e. The number of aliphatic hydroxyl groups is 1. The molecular weight excluding hydrogens is 324 g/mol. The van der Waals surface area contributed by atoms with Gasteiger partial charge in [-0.25, -0.2) is 0 Å². The van der Waals surface area contributed by atoms with E-state index in [2.05, 4.69) is 19.1 Å². The fraction of sp³-hybridized carbons (Fsp3) is 0.889. The average Bonchev–Trinajstić information content (AvgIpc) is 2.49. The van der Waals surface area contributed by atoms with Gasteiger partial charge >= 0.3 is 9.05 Å². The monoisotopic (exact) mass is 364 g/mol. The third-order valence-corrected chi connectivity index (χ3v) is 3.67. The maximum atomic E-state index is 8.66. The first-order chi connectivity index (χ1) is 11.4. The molecule has 0 bridgehead atoms. The summed E-state index contributed by atoms with van der Waals surface area (Å²) in [4.78, 5) is 29.3. The molecule has 0 saturated carbocycles. The molecule has 0 aromatic heterocycles. The molecule has 0 aromatic carbocycles. The Labute approximate surface area is 149 Å². The second kappa shape index (κ2) is 20.8. The van der Waals surface area contributed by atoms with Crippen LogP contribution >= 0.6 is 0 Å². The molecule has 0 amide bonds. The van der Waals surface area contributed by atoms with Gasteiger partial charge in [-0.3, -0.25) is 0 Å². The largest absolute Gasteiger partial charge is 0.668 e. The van der Waals surface area contributed by atoms with Crippen LogP contribution in [0.2, 0.25) is 0 Å². The van der Waals surface area contributed by atoms with E-state index in [0.717, 1.165) is 6.42 Å². The van der Waals surface area contributed by atoms with Crippen LogP contribution < -0.4 is 0 Å². The summed E-state index contributed by atoms with van der Waals surface area (Å²) in [5.74, 6) is 0. The molecule has 146 valence electrons. The van der Waals surface area contributed by atoms with Crippen molar-refractivity contribution >= 4 is 9.05 Å². The third-order valence-electron chi connectivity index (χ3n) is 3.67. The summed E-state index contributed by atoms with van der Waals surface area (Å²) < 4.78 is 0. The van der Waals surface area contributed by atoms with E-state index in [1.54, 1.807) is 0 Å². The van der Waals surface area contributed by atoms with Crippen molar-refractivity contribution in [2.24, 2.45) is 0 Å². The minimum absolute atomic E-state index is 0.362. The van der Waals surface area contributed by atoms with Crippen molar-refractivity contribution < 1.29 is 24.3 Å². The molecule has 0 aliphatic heterocycles. The lowest BCUT2D eigenvalue weighted by Gasteiger charge is -1.99. The zero-order valence-corrected chi connectivity index (χ0v) is 16.5. The molecule has 24 heavy (non-hydrogen) atoms. The van der Waals surface area contributed by atoms with Gasteiger partial charge in [0.2, 0.25) is 0 Å². The van der Waals surface area contributed by atoms with Gasteiger partial charge < -0.3 is 24.3 Å². The van der Waals surface area contributed by atoms with Crippen LogP contribution in [0.3, 0.4) is 0 Å². The Balaban J connectivity index is 0. The molecule has 0 saturated heterocycles.